The lowest BCUT2D eigenvalue weighted by molar-refractivity contribution is -0.132. The average molecular weight is 1010 g/mol. The molecule has 0 saturated carbocycles. The van der Waals surface area contributed by atoms with Gasteiger partial charge in [0.05, 0.1) is 0 Å². The van der Waals surface area contributed by atoms with Crippen molar-refractivity contribution >= 4 is 11.8 Å². The Morgan fingerprint density at radius 2 is 0.500 bits per heavy atom. The summed E-state index contributed by atoms with van der Waals surface area (Å²) in [5.74, 6) is 0.857. The lowest BCUT2D eigenvalue weighted by Gasteiger charge is -2.23. The van der Waals surface area contributed by atoms with Crippen molar-refractivity contribution in [3.8, 4) is 0 Å². The fourth-order valence-electron chi connectivity index (χ4n) is 10.9. The van der Waals surface area contributed by atoms with Crippen LogP contribution in [0.1, 0.15) is 341 Å². The number of hydrogen-bond donors (Lipinski definition) is 0. The standard InChI is InChI=1S/C67H127N3O2/c1-5-9-13-17-21-31-39-50-60-69(61-51-40-32-22-18-14-10-6-2)66(71)56-46-35-27-25-29-37-48-58-68(64-65-54-44-43-45-55-65)59-49-38-30-26-28-36-47-57-67(72)70(62-52-41-33-23-19-15-11-7-3)63-53-42-34-24-20-16-12-8-4/h43-45,54-55H,5-42,46-53,56-64H2,1-4H3. The van der Waals surface area contributed by atoms with Crippen molar-refractivity contribution in [3.05, 3.63) is 35.9 Å². The van der Waals surface area contributed by atoms with Gasteiger partial charge in [-0.15, -0.1) is 0 Å². The molecule has 5 heteroatoms. The first-order valence-electron chi connectivity index (χ1n) is 32.9. The van der Waals surface area contributed by atoms with Crippen molar-refractivity contribution in [3.63, 3.8) is 0 Å². The van der Waals surface area contributed by atoms with Gasteiger partial charge in [0, 0.05) is 45.6 Å². The quantitative estimate of drug-likeness (QED) is 0.0611. The highest BCUT2D eigenvalue weighted by Crippen LogP contribution is 2.18. The first-order valence-corrected chi connectivity index (χ1v) is 32.9. The predicted molar refractivity (Wildman–Crippen MR) is 319 cm³/mol. The van der Waals surface area contributed by atoms with Gasteiger partial charge in [-0.2, -0.15) is 0 Å². The smallest absolute Gasteiger partial charge is 0.222 e. The van der Waals surface area contributed by atoms with E-state index in [1.807, 2.05) is 0 Å². The van der Waals surface area contributed by atoms with Crippen molar-refractivity contribution in [2.24, 2.45) is 0 Å². The Hall–Kier alpha value is -1.88. The van der Waals surface area contributed by atoms with Crippen LogP contribution in [-0.4, -0.2) is 65.8 Å². The van der Waals surface area contributed by atoms with E-state index in [9.17, 15) is 9.59 Å². The molecular formula is C67H127N3O2. The molecule has 1 aromatic rings. The number of nitrogens with zero attached hydrogens (tertiary/aromatic N) is 3. The van der Waals surface area contributed by atoms with Crippen LogP contribution in [0.5, 0.6) is 0 Å². The summed E-state index contributed by atoms with van der Waals surface area (Å²) in [7, 11) is 0. The lowest BCUT2D eigenvalue weighted by Crippen LogP contribution is -2.32. The first-order chi connectivity index (χ1) is 35.5. The van der Waals surface area contributed by atoms with E-state index in [-0.39, 0.29) is 0 Å². The topological polar surface area (TPSA) is 43.9 Å². The van der Waals surface area contributed by atoms with Gasteiger partial charge in [-0.05, 0) is 70.0 Å². The Morgan fingerprint density at radius 1 is 0.278 bits per heavy atom. The van der Waals surface area contributed by atoms with Gasteiger partial charge in [0.25, 0.3) is 0 Å². The maximum absolute atomic E-state index is 13.4. The lowest BCUT2D eigenvalue weighted by atomic mass is 10.1. The molecule has 2 amide bonds. The van der Waals surface area contributed by atoms with Crippen LogP contribution in [0.4, 0.5) is 0 Å². The highest BCUT2D eigenvalue weighted by Gasteiger charge is 2.15. The Bertz CT molecular complexity index is 1120. The summed E-state index contributed by atoms with van der Waals surface area (Å²) in [5.41, 5.74) is 1.44. The van der Waals surface area contributed by atoms with Crippen LogP contribution in [-0.2, 0) is 16.1 Å². The predicted octanol–water partition coefficient (Wildman–Crippen LogP) is 21.0. The number of unbranched alkanes of at least 4 members (excludes halogenated alkanes) is 40. The second kappa shape index (κ2) is 55.4. The molecule has 0 aromatic heterocycles. The van der Waals surface area contributed by atoms with Gasteiger partial charge in [-0.25, -0.2) is 0 Å². The van der Waals surface area contributed by atoms with Crippen molar-refractivity contribution in [2.75, 3.05) is 39.3 Å². The number of rotatable bonds is 58. The van der Waals surface area contributed by atoms with Gasteiger partial charge in [0.1, 0.15) is 0 Å². The van der Waals surface area contributed by atoms with Crippen LogP contribution < -0.4 is 0 Å². The summed E-state index contributed by atoms with van der Waals surface area (Å²) in [6.07, 6.45) is 61.5. The second-order valence-electron chi connectivity index (χ2n) is 22.9. The first kappa shape index (κ1) is 68.1. The Labute approximate surface area is 451 Å². The molecule has 0 N–H and O–H groups in total. The third-order valence-corrected chi connectivity index (χ3v) is 15.8. The zero-order chi connectivity index (χ0) is 51.9. The van der Waals surface area contributed by atoms with Crippen molar-refractivity contribution in [1.82, 2.24) is 14.7 Å². The maximum Gasteiger partial charge on any atom is 0.222 e. The molecule has 0 radical (unpaired) electrons. The van der Waals surface area contributed by atoms with Gasteiger partial charge in [0.15, 0.2) is 0 Å². The molecule has 0 fully saturated rings. The minimum atomic E-state index is 0.429. The summed E-state index contributed by atoms with van der Waals surface area (Å²) in [4.78, 5) is 34.1. The van der Waals surface area contributed by atoms with Gasteiger partial charge in [0.2, 0.25) is 11.8 Å². The molecule has 72 heavy (non-hydrogen) atoms. The third-order valence-electron chi connectivity index (χ3n) is 15.8. The van der Waals surface area contributed by atoms with Crippen LogP contribution in [0.2, 0.25) is 0 Å². The molecule has 0 spiro atoms. The third kappa shape index (κ3) is 45.5. The van der Waals surface area contributed by atoms with E-state index in [4.69, 9.17) is 0 Å². The molecule has 1 aromatic carbocycles. The van der Waals surface area contributed by atoms with E-state index < -0.39 is 0 Å². The van der Waals surface area contributed by atoms with Crippen LogP contribution in [0.15, 0.2) is 30.3 Å². The van der Waals surface area contributed by atoms with Gasteiger partial charge >= 0.3 is 0 Å². The fourth-order valence-corrected chi connectivity index (χ4v) is 10.9. The monoisotopic (exact) mass is 1010 g/mol. The van der Waals surface area contributed by atoms with E-state index >= 15 is 0 Å². The van der Waals surface area contributed by atoms with Crippen LogP contribution in [0.3, 0.4) is 0 Å². The summed E-state index contributed by atoms with van der Waals surface area (Å²) >= 11 is 0. The van der Waals surface area contributed by atoms with Crippen molar-refractivity contribution in [2.45, 2.75) is 342 Å². The molecule has 1 rings (SSSR count). The number of carbonyl (C=O) groups excluding carboxylic acids is 2. The van der Waals surface area contributed by atoms with E-state index in [1.165, 1.54) is 301 Å². The van der Waals surface area contributed by atoms with Crippen LogP contribution in [0.25, 0.3) is 0 Å². The largest absolute Gasteiger partial charge is 0.343 e. The molecule has 0 bridgehead atoms. The number of carbonyl (C=O) groups is 2. The van der Waals surface area contributed by atoms with E-state index in [0.29, 0.717) is 11.8 Å². The Balaban J connectivity index is 2.35. The minimum absolute atomic E-state index is 0.429. The second-order valence-corrected chi connectivity index (χ2v) is 22.9. The zero-order valence-electron chi connectivity index (χ0n) is 49.4. The fraction of sp³-hybridized carbons (Fsp3) is 0.881. The molecule has 422 valence electrons. The maximum atomic E-state index is 13.4. The molecule has 0 aliphatic carbocycles. The van der Waals surface area contributed by atoms with E-state index in [2.05, 4.69) is 72.7 Å². The number of amides is 2. The highest BCUT2D eigenvalue weighted by molar-refractivity contribution is 5.76. The minimum Gasteiger partial charge on any atom is -0.343 e. The van der Waals surface area contributed by atoms with Crippen LogP contribution in [0, 0.1) is 0 Å². The summed E-state index contributed by atoms with van der Waals surface area (Å²) in [6.45, 7) is 16.5. The Morgan fingerprint density at radius 3 is 0.764 bits per heavy atom. The normalized spacial score (nSPS) is 11.6. The molecule has 0 aliphatic rings. The van der Waals surface area contributed by atoms with Gasteiger partial charge in [-0.3, -0.25) is 14.5 Å². The molecule has 0 unspecified atom stereocenters. The van der Waals surface area contributed by atoms with Gasteiger partial charge < -0.3 is 9.80 Å². The number of hydrogen-bond acceptors (Lipinski definition) is 3. The molecule has 0 aliphatic heterocycles. The van der Waals surface area contributed by atoms with E-state index in [0.717, 1.165) is 58.4 Å². The van der Waals surface area contributed by atoms with Crippen molar-refractivity contribution in [1.29, 1.82) is 0 Å². The zero-order valence-corrected chi connectivity index (χ0v) is 49.4. The molecule has 0 atom stereocenters. The van der Waals surface area contributed by atoms with Crippen LogP contribution >= 0.6 is 0 Å². The molecular weight excluding hydrogens is 879 g/mol. The number of benzene rings is 1. The highest BCUT2D eigenvalue weighted by atomic mass is 16.2. The molecule has 0 heterocycles. The van der Waals surface area contributed by atoms with Crippen molar-refractivity contribution < 1.29 is 9.59 Å². The Kier molecular flexibility index (Phi) is 52.4. The molecule has 0 saturated heterocycles. The summed E-state index contributed by atoms with van der Waals surface area (Å²) in [5, 5.41) is 0. The SMILES string of the molecule is CCCCCCCCCCN(CCCCCCCCCC)C(=O)CCCCCCCCCN(CCCCCCCCCC(=O)N(CCCCCCCCCC)CCCCCCCCCC)Cc1ccccc1. The van der Waals surface area contributed by atoms with E-state index in [1.54, 1.807) is 0 Å². The van der Waals surface area contributed by atoms with Gasteiger partial charge in [-0.1, -0.05) is 302 Å². The summed E-state index contributed by atoms with van der Waals surface area (Å²) in [6, 6.07) is 11.1. The molecule has 5 nitrogen and oxygen atoms in total. The average Bonchev–Trinajstić information content (AvgIpc) is 3.39. The summed E-state index contributed by atoms with van der Waals surface area (Å²) < 4.78 is 0.